The van der Waals surface area contributed by atoms with Crippen LogP contribution in [-0.4, -0.2) is 49.5 Å². The summed E-state index contributed by atoms with van der Waals surface area (Å²) in [5.41, 5.74) is 12.0. The molecule has 32 heavy (non-hydrogen) atoms. The first-order valence-electron chi connectivity index (χ1n) is 11.2. The Morgan fingerprint density at radius 2 is 1.91 bits per heavy atom. The lowest BCUT2D eigenvalue weighted by Gasteiger charge is -2.30. The van der Waals surface area contributed by atoms with Crippen molar-refractivity contribution in [3.8, 4) is 11.3 Å². The van der Waals surface area contributed by atoms with Crippen molar-refractivity contribution in [2.45, 2.75) is 45.2 Å². The van der Waals surface area contributed by atoms with Crippen LogP contribution in [0.25, 0.3) is 22.3 Å². The third-order valence-corrected chi connectivity index (χ3v) is 6.07. The number of piperidine rings is 1. The summed E-state index contributed by atoms with van der Waals surface area (Å²) in [6, 6.07) is 10.5. The number of nitrogens with one attached hydrogen (secondary N) is 3. The molecule has 0 atom stereocenters. The maximum atomic E-state index is 6.11. The summed E-state index contributed by atoms with van der Waals surface area (Å²) in [6.45, 7) is 6.62. The van der Waals surface area contributed by atoms with Crippen molar-refractivity contribution < 1.29 is 0 Å². The molecule has 3 aromatic heterocycles. The summed E-state index contributed by atoms with van der Waals surface area (Å²) in [4.78, 5) is 12.0. The first-order chi connectivity index (χ1) is 15.6. The minimum atomic E-state index is 0.256. The van der Waals surface area contributed by atoms with Crippen LogP contribution in [0.15, 0.2) is 36.5 Å². The maximum Gasteiger partial charge on any atom is 0.228 e. The first kappa shape index (κ1) is 20.4. The van der Waals surface area contributed by atoms with E-state index < -0.39 is 0 Å². The van der Waals surface area contributed by atoms with Gasteiger partial charge in [-0.15, -0.1) is 0 Å². The van der Waals surface area contributed by atoms with Crippen molar-refractivity contribution in [2.24, 2.45) is 5.73 Å². The fourth-order valence-electron chi connectivity index (χ4n) is 4.19. The van der Waals surface area contributed by atoms with Crippen LogP contribution in [0.5, 0.6) is 0 Å². The topological polar surface area (TPSA) is 124 Å². The second kappa shape index (κ2) is 8.58. The molecule has 4 heterocycles. The van der Waals surface area contributed by atoms with E-state index in [4.69, 9.17) is 15.7 Å². The largest absolute Gasteiger partial charge is 0.364 e. The van der Waals surface area contributed by atoms with Gasteiger partial charge in [-0.3, -0.25) is 10.2 Å². The standard InChI is InChI=1S/C23H29N9/c1-14(2)19-20-21(31-30-19)22(28-23(27-20)32-11-8-16(24)9-12-32)25-13-15-5-3-4-6-17(15)18-7-10-26-29-18/h3-7,10,14,16H,8-9,11-13,24H2,1-2H3,(H,26,29)(H,30,31)(H,25,27,28). The van der Waals surface area contributed by atoms with Crippen molar-refractivity contribution in [2.75, 3.05) is 23.3 Å². The van der Waals surface area contributed by atoms with Crippen molar-refractivity contribution >= 4 is 22.8 Å². The Labute approximate surface area is 186 Å². The van der Waals surface area contributed by atoms with Crippen LogP contribution in [0.2, 0.25) is 0 Å². The summed E-state index contributed by atoms with van der Waals surface area (Å²) in [6.07, 6.45) is 3.66. The van der Waals surface area contributed by atoms with Gasteiger partial charge in [-0.2, -0.15) is 15.2 Å². The summed E-state index contributed by atoms with van der Waals surface area (Å²) in [7, 11) is 0. The summed E-state index contributed by atoms with van der Waals surface area (Å²) >= 11 is 0. The highest BCUT2D eigenvalue weighted by molar-refractivity contribution is 5.88. The van der Waals surface area contributed by atoms with E-state index >= 15 is 0 Å². The molecule has 1 saturated heterocycles. The fourth-order valence-corrected chi connectivity index (χ4v) is 4.19. The molecule has 0 radical (unpaired) electrons. The van der Waals surface area contributed by atoms with E-state index in [1.807, 2.05) is 18.2 Å². The van der Waals surface area contributed by atoms with Gasteiger partial charge in [0.05, 0.1) is 11.4 Å². The van der Waals surface area contributed by atoms with Crippen LogP contribution < -0.4 is 16.0 Å². The molecule has 0 saturated carbocycles. The molecule has 5 N–H and O–H groups in total. The molecule has 4 aromatic rings. The SMILES string of the molecule is CC(C)c1[nH]nc2c(NCc3ccccc3-c3ccn[nH]3)nc(N3CCC(N)CC3)nc12. The van der Waals surface area contributed by atoms with Gasteiger partial charge in [0.2, 0.25) is 5.95 Å². The van der Waals surface area contributed by atoms with E-state index in [0.29, 0.717) is 6.54 Å². The monoisotopic (exact) mass is 431 g/mol. The maximum absolute atomic E-state index is 6.11. The normalized spacial score (nSPS) is 15.1. The molecule has 0 amide bonds. The van der Waals surface area contributed by atoms with E-state index in [2.05, 4.69) is 56.6 Å². The van der Waals surface area contributed by atoms with Crippen molar-refractivity contribution in [3.05, 3.63) is 47.8 Å². The Kier molecular flexibility index (Phi) is 5.48. The van der Waals surface area contributed by atoms with E-state index in [1.54, 1.807) is 6.20 Å². The van der Waals surface area contributed by atoms with Crippen LogP contribution in [0, 0.1) is 0 Å². The highest BCUT2D eigenvalue weighted by atomic mass is 15.3. The highest BCUT2D eigenvalue weighted by Gasteiger charge is 2.22. The molecule has 0 unspecified atom stereocenters. The molecule has 1 fully saturated rings. The zero-order valence-corrected chi connectivity index (χ0v) is 18.5. The molecule has 1 aliphatic rings. The second-order valence-electron chi connectivity index (χ2n) is 8.67. The molecule has 5 rings (SSSR count). The van der Waals surface area contributed by atoms with Gasteiger partial charge < -0.3 is 16.0 Å². The summed E-state index contributed by atoms with van der Waals surface area (Å²) < 4.78 is 0. The Hall–Kier alpha value is -3.46. The van der Waals surface area contributed by atoms with E-state index in [-0.39, 0.29) is 12.0 Å². The predicted octanol–water partition coefficient (Wildman–Crippen LogP) is 3.41. The number of nitrogens with zero attached hydrogens (tertiary/aromatic N) is 5. The van der Waals surface area contributed by atoms with Crippen LogP contribution >= 0.6 is 0 Å². The number of nitrogens with two attached hydrogens (primary N) is 1. The molecule has 0 aliphatic carbocycles. The van der Waals surface area contributed by atoms with Gasteiger partial charge >= 0.3 is 0 Å². The van der Waals surface area contributed by atoms with Crippen LogP contribution in [0.4, 0.5) is 11.8 Å². The Balaban J connectivity index is 1.50. The lowest BCUT2D eigenvalue weighted by molar-refractivity contribution is 0.496. The van der Waals surface area contributed by atoms with E-state index in [1.165, 1.54) is 0 Å². The predicted molar refractivity (Wildman–Crippen MR) is 127 cm³/mol. The second-order valence-corrected chi connectivity index (χ2v) is 8.67. The third kappa shape index (κ3) is 3.91. The summed E-state index contributed by atoms with van der Waals surface area (Å²) in [5.74, 6) is 1.76. The molecule has 166 valence electrons. The number of rotatable bonds is 6. The average molecular weight is 432 g/mol. The van der Waals surface area contributed by atoms with Gasteiger partial charge in [-0.1, -0.05) is 38.1 Å². The Bertz CT molecular complexity index is 1190. The molecule has 9 nitrogen and oxygen atoms in total. The first-order valence-corrected chi connectivity index (χ1v) is 11.2. The zero-order chi connectivity index (χ0) is 22.1. The van der Waals surface area contributed by atoms with Gasteiger partial charge in [0.1, 0.15) is 5.52 Å². The van der Waals surface area contributed by atoms with Crippen molar-refractivity contribution in [1.29, 1.82) is 0 Å². The lowest BCUT2D eigenvalue weighted by atomic mass is 10.0. The number of aromatic amines is 2. The summed E-state index contributed by atoms with van der Waals surface area (Å²) in [5, 5.41) is 18.4. The smallest absolute Gasteiger partial charge is 0.228 e. The zero-order valence-electron chi connectivity index (χ0n) is 18.5. The number of hydrogen-bond donors (Lipinski definition) is 4. The molecular formula is C23H29N9. The van der Waals surface area contributed by atoms with Crippen molar-refractivity contribution in [1.82, 2.24) is 30.4 Å². The molecule has 0 spiro atoms. The third-order valence-electron chi connectivity index (χ3n) is 6.07. The minimum absolute atomic E-state index is 0.256. The van der Waals surface area contributed by atoms with Gasteiger partial charge in [0, 0.05) is 37.4 Å². The van der Waals surface area contributed by atoms with Gasteiger partial charge in [-0.25, -0.2) is 4.98 Å². The highest BCUT2D eigenvalue weighted by Crippen LogP contribution is 2.30. The number of aromatic nitrogens is 6. The fraction of sp³-hybridized carbons (Fsp3) is 0.391. The van der Waals surface area contributed by atoms with Crippen LogP contribution in [0.1, 0.15) is 43.9 Å². The van der Waals surface area contributed by atoms with E-state index in [9.17, 15) is 0 Å². The number of benzene rings is 1. The van der Waals surface area contributed by atoms with Crippen molar-refractivity contribution in [3.63, 3.8) is 0 Å². The molecule has 0 bridgehead atoms. The minimum Gasteiger partial charge on any atom is -0.364 e. The number of fused-ring (bicyclic) bond motifs is 1. The van der Waals surface area contributed by atoms with E-state index in [0.717, 1.165) is 71.2 Å². The van der Waals surface area contributed by atoms with Gasteiger partial charge in [-0.05, 0) is 30.4 Å². The van der Waals surface area contributed by atoms with Gasteiger partial charge in [0.25, 0.3) is 0 Å². The Morgan fingerprint density at radius 1 is 1.09 bits per heavy atom. The number of H-pyrrole nitrogens is 2. The molecule has 1 aliphatic heterocycles. The van der Waals surface area contributed by atoms with Gasteiger partial charge in [0.15, 0.2) is 11.3 Å². The number of hydrogen-bond acceptors (Lipinski definition) is 7. The number of anilines is 2. The Morgan fingerprint density at radius 3 is 2.66 bits per heavy atom. The average Bonchev–Trinajstić information content (AvgIpc) is 3.48. The lowest BCUT2D eigenvalue weighted by Crippen LogP contribution is -2.40. The molecule has 1 aromatic carbocycles. The van der Waals surface area contributed by atoms with Crippen LogP contribution in [0.3, 0.4) is 0 Å². The molecular weight excluding hydrogens is 402 g/mol. The molecule has 9 heteroatoms. The quantitative estimate of drug-likeness (QED) is 0.369. The van der Waals surface area contributed by atoms with Crippen LogP contribution in [-0.2, 0) is 6.54 Å².